The maximum atomic E-state index is 11.9. The molecule has 1 atom stereocenters. The molecule has 0 aromatic heterocycles. The van der Waals surface area contributed by atoms with Crippen molar-refractivity contribution in [2.45, 2.75) is 13.0 Å². The molecule has 0 bridgehead atoms. The van der Waals surface area contributed by atoms with E-state index < -0.39 is 11.9 Å². The van der Waals surface area contributed by atoms with Gasteiger partial charge in [-0.05, 0) is 42.8 Å². The molecule has 0 radical (unpaired) electrons. The third-order valence-corrected chi connectivity index (χ3v) is 3.75. The van der Waals surface area contributed by atoms with Crippen molar-refractivity contribution in [2.75, 3.05) is 13.7 Å². The van der Waals surface area contributed by atoms with E-state index in [1.807, 2.05) is 25.1 Å². The summed E-state index contributed by atoms with van der Waals surface area (Å²) in [5.41, 5.74) is 1.15. The van der Waals surface area contributed by atoms with E-state index >= 15 is 0 Å². The van der Waals surface area contributed by atoms with Gasteiger partial charge in [0.25, 0.3) is 5.91 Å². The summed E-state index contributed by atoms with van der Waals surface area (Å²) >= 11 is 6.09. The molecule has 0 spiro atoms. The second kappa shape index (κ2) is 8.36. The Morgan fingerprint density at radius 3 is 2.42 bits per heavy atom. The molecule has 6 heteroatoms. The zero-order valence-electron chi connectivity index (χ0n) is 13.4. The van der Waals surface area contributed by atoms with Crippen molar-refractivity contribution in [2.24, 2.45) is 0 Å². The van der Waals surface area contributed by atoms with Gasteiger partial charge in [0.2, 0.25) is 0 Å². The number of carbonyl (C=O) groups excluding carboxylic acids is 2. The van der Waals surface area contributed by atoms with E-state index in [0.29, 0.717) is 16.3 Å². The highest BCUT2D eigenvalue weighted by molar-refractivity contribution is 6.31. The molecule has 1 amide bonds. The van der Waals surface area contributed by atoms with Crippen molar-refractivity contribution in [3.8, 4) is 5.75 Å². The van der Waals surface area contributed by atoms with E-state index in [4.69, 9.17) is 21.1 Å². The molecule has 0 unspecified atom stereocenters. The average Bonchev–Trinajstić information content (AvgIpc) is 2.60. The SMILES string of the molecule is COc1ccc(C(=O)OCC(=O)N[C@@H](C)c2ccccc2Cl)cc1. The van der Waals surface area contributed by atoms with Crippen LogP contribution in [-0.4, -0.2) is 25.6 Å². The van der Waals surface area contributed by atoms with Crippen molar-refractivity contribution in [3.63, 3.8) is 0 Å². The normalized spacial score (nSPS) is 11.5. The summed E-state index contributed by atoms with van der Waals surface area (Å²) in [6.07, 6.45) is 0. The van der Waals surface area contributed by atoms with Gasteiger partial charge in [-0.1, -0.05) is 29.8 Å². The molecule has 24 heavy (non-hydrogen) atoms. The number of halogens is 1. The fraction of sp³-hybridized carbons (Fsp3) is 0.222. The van der Waals surface area contributed by atoms with Crippen LogP contribution in [0.15, 0.2) is 48.5 Å². The standard InChI is InChI=1S/C18H18ClNO4/c1-12(15-5-3-4-6-16(15)19)20-17(21)11-24-18(22)13-7-9-14(23-2)10-8-13/h3-10,12H,11H2,1-2H3,(H,20,21)/t12-/m0/s1. The van der Waals surface area contributed by atoms with Gasteiger partial charge in [0.05, 0.1) is 18.7 Å². The van der Waals surface area contributed by atoms with Crippen LogP contribution >= 0.6 is 11.6 Å². The topological polar surface area (TPSA) is 64.6 Å². The Morgan fingerprint density at radius 1 is 1.12 bits per heavy atom. The van der Waals surface area contributed by atoms with Crippen LogP contribution in [0.2, 0.25) is 5.02 Å². The lowest BCUT2D eigenvalue weighted by molar-refractivity contribution is -0.124. The Labute approximate surface area is 145 Å². The molecule has 0 saturated heterocycles. The Morgan fingerprint density at radius 2 is 1.79 bits per heavy atom. The minimum absolute atomic E-state index is 0.286. The zero-order valence-corrected chi connectivity index (χ0v) is 14.2. The Bertz CT molecular complexity index is 715. The molecule has 2 aromatic rings. The highest BCUT2D eigenvalue weighted by atomic mass is 35.5. The van der Waals surface area contributed by atoms with Gasteiger partial charge < -0.3 is 14.8 Å². The Hall–Kier alpha value is -2.53. The van der Waals surface area contributed by atoms with Gasteiger partial charge in [0, 0.05) is 5.02 Å². The summed E-state index contributed by atoms with van der Waals surface area (Å²) in [4.78, 5) is 23.8. The van der Waals surface area contributed by atoms with Gasteiger partial charge in [-0.15, -0.1) is 0 Å². The number of hydrogen-bond donors (Lipinski definition) is 1. The molecule has 126 valence electrons. The summed E-state index contributed by atoms with van der Waals surface area (Å²) in [7, 11) is 1.54. The lowest BCUT2D eigenvalue weighted by atomic mass is 10.1. The molecule has 2 rings (SSSR count). The molecular formula is C18H18ClNO4. The van der Waals surface area contributed by atoms with Crippen molar-refractivity contribution >= 4 is 23.5 Å². The summed E-state index contributed by atoms with van der Waals surface area (Å²) in [6.45, 7) is 1.45. The molecular weight excluding hydrogens is 330 g/mol. The summed E-state index contributed by atoms with van der Waals surface area (Å²) in [5, 5.41) is 3.31. The van der Waals surface area contributed by atoms with Crippen molar-refractivity contribution in [1.29, 1.82) is 0 Å². The van der Waals surface area contributed by atoms with Crippen LogP contribution in [0.3, 0.4) is 0 Å². The van der Waals surface area contributed by atoms with Crippen LogP contribution in [0, 0.1) is 0 Å². The first-order chi connectivity index (χ1) is 11.5. The number of rotatable bonds is 6. The summed E-state index contributed by atoms with van der Waals surface area (Å²) in [5.74, 6) is -0.333. The molecule has 2 aromatic carbocycles. The number of nitrogens with one attached hydrogen (secondary N) is 1. The van der Waals surface area contributed by atoms with E-state index in [1.165, 1.54) is 7.11 Å². The quantitative estimate of drug-likeness (QED) is 0.813. The van der Waals surface area contributed by atoms with Crippen molar-refractivity contribution in [3.05, 3.63) is 64.7 Å². The van der Waals surface area contributed by atoms with Crippen LogP contribution < -0.4 is 10.1 Å². The molecule has 0 heterocycles. The number of esters is 1. The van der Waals surface area contributed by atoms with Gasteiger partial charge in [-0.3, -0.25) is 4.79 Å². The number of benzene rings is 2. The van der Waals surface area contributed by atoms with Gasteiger partial charge in [0.1, 0.15) is 5.75 Å². The lowest BCUT2D eigenvalue weighted by Crippen LogP contribution is -2.31. The van der Waals surface area contributed by atoms with Crippen LogP contribution in [-0.2, 0) is 9.53 Å². The largest absolute Gasteiger partial charge is 0.497 e. The van der Waals surface area contributed by atoms with Crippen LogP contribution in [0.25, 0.3) is 0 Å². The predicted octanol–water partition coefficient (Wildman–Crippen LogP) is 3.38. The molecule has 0 aliphatic carbocycles. The minimum Gasteiger partial charge on any atom is -0.497 e. The average molecular weight is 348 g/mol. The van der Waals surface area contributed by atoms with Gasteiger partial charge in [0.15, 0.2) is 6.61 Å². The van der Waals surface area contributed by atoms with Crippen LogP contribution in [0.1, 0.15) is 28.9 Å². The van der Waals surface area contributed by atoms with E-state index in [0.717, 1.165) is 5.56 Å². The number of carbonyl (C=O) groups is 2. The molecule has 0 aliphatic rings. The second-order valence-corrected chi connectivity index (χ2v) is 5.52. The highest BCUT2D eigenvalue weighted by Crippen LogP contribution is 2.22. The van der Waals surface area contributed by atoms with E-state index in [1.54, 1.807) is 30.3 Å². The number of hydrogen-bond acceptors (Lipinski definition) is 4. The zero-order chi connectivity index (χ0) is 17.5. The van der Waals surface area contributed by atoms with Crippen LogP contribution in [0.4, 0.5) is 0 Å². The Kier molecular flexibility index (Phi) is 6.21. The number of amides is 1. The maximum absolute atomic E-state index is 11.9. The molecule has 0 fully saturated rings. The molecule has 0 saturated carbocycles. The maximum Gasteiger partial charge on any atom is 0.338 e. The number of ether oxygens (including phenoxy) is 2. The first kappa shape index (κ1) is 17.8. The minimum atomic E-state index is -0.571. The predicted molar refractivity (Wildman–Crippen MR) is 91.3 cm³/mol. The van der Waals surface area contributed by atoms with Gasteiger partial charge in [-0.25, -0.2) is 4.79 Å². The van der Waals surface area contributed by atoms with Crippen molar-refractivity contribution < 1.29 is 19.1 Å². The fourth-order valence-corrected chi connectivity index (χ4v) is 2.43. The van der Waals surface area contributed by atoms with Crippen molar-refractivity contribution in [1.82, 2.24) is 5.32 Å². The van der Waals surface area contributed by atoms with Gasteiger partial charge >= 0.3 is 5.97 Å². The van der Waals surface area contributed by atoms with E-state index in [2.05, 4.69) is 5.32 Å². The van der Waals surface area contributed by atoms with E-state index in [9.17, 15) is 9.59 Å². The smallest absolute Gasteiger partial charge is 0.338 e. The summed E-state index contributed by atoms with van der Waals surface area (Å²) in [6, 6.07) is 13.4. The monoisotopic (exact) mass is 347 g/mol. The molecule has 0 aliphatic heterocycles. The molecule has 1 N–H and O–H groups in total. The third kappa shape index (κ3) is 4.73. The fourth-order valence-electron chi connectivity index (χ4n) is 2.13. The van der Waals surface area contributed by atoms with Crippen LogP contribution in [0.5, 0.6) is 5.75 Å². The first-order valence-corrected chi connectivity index (χ1v) is 7.74. The lowest BCUT2D eigenvalue weighted by Gasteiger charge is -2.15. The highest BCUT2D eigenvalue weighted by Gasteiger charge is 2.14. The third-order valence-electron chi connectivity index (χ3n) is 3.41. The molecule has 5 nitrogen and oxygen atoms in total. The van der Waals surface area contributed by atoms with Gasteiger partial charge in [-0.2, -0.15) is 0 Å². The first-order valence-electron chi connectivity index (χ1n) is 7.36. The Balaban J connectivity index is 1.86. The second-order valence-electron chi connectivity index (χ2n) is 5.12. The summed E-state index contributed by atoms with van der Waals surface area (Å²) < 4.78 is 10.0. The van der Waals surface area contributed by atoms with E-state index in [-0.39, 0.29) is 12.6 Å². The number of methoxy groups -OCH3 is 1.